The van der Waals surface area contributed by atoms with Crippen molar-refractivity contribution in [1.29, 1.82) is 0 Å². The SMILES string of the molecule is Cc1nc(N2CCCC2)nc(C)c1NC(=O)CCCc1ccccc1. The maximum atomic E-state index is 12.3. The number of hydrogen-bond donors (Lipinski definition) is 1. The first-order valence-electron chi connectivity index (χ1n) is 9.07. The van der Waals surface area contributed by atoms with Gasteiger partial charge >= 0.3 is 0 Å². The molecule has 0 unspecified atom stereocenters. The summed E-state index contributed by atoms with van der Waals surface area (Å²) in [5, 5.41) is 3.00. The summed E-state index contributed by atoms with van der Waals surface area (Å²) in [7, 11) is 0. The lowest BCUT2D eigenvalue weighted by atomic mass is 10.1. The van der Waals surface area contributed by atoms with Crippen LogP contribution in [0.15, 0.2) is 30.3 Å². The average Bonchev–Trinajstić information content (AvgIpc) is 3.13. The van der Waals surface area contributed by atoms with Crippen LogP contribution in [-0.2, 0) is 11.2 Å². The van der Waals surface area contributed by atoms with E-state index in [0.717, 1.165) is 49.0 Å². The molecular weight excluding hydrogens is 312 g/mol. The number of nitrogens with zero attached hydrogens (tertiary/aromatic N) is 3. The van der Waals surface area contributed by atoms with Crippen LogP contribution in [0, 0.1) is 13.8 Å². The van der Waals surface area contributed by atoms with Crippen molar-refractivity contribution in [3.05, 3.63) is 47.3 Å². The minimum Gasteiger partial charge on any atom is -0.341 e. The summed E-state index contributed by atoms with van der Waals surface area (Å²) in [5.41, 5.74) is 3.70. The molecule has 3 rings (SSSR count). The summed E-state index contributed by atoms with van der Waals surface area (Å²) < 4.78 is 0. The number of aryl methyl sites for hydroxylation is 3. The molecule has 0 saturated carbocycles. The fourth-order valence-electron chi connectivity index (χ4n) is 3.24. The fraction of sp³-hybridized carbons (Fsp3) is 0.450. The van der Waals surface area contributed by atoms with Gasteiger partial charge in [-0.25, -0.2) is 9.97 Å². The number of hydrogen-bond acceptors (Lipinski definition) is 4. The minimum absolute atomic E-state index is 0.0275. The third-order valence-corrected chi connectivity index (χ3v) is 4.62. The van der Waals surface area contributed by atoms with Gasteiger partial charge in [-0.15, -0.1) is 0 Å². The topological polar surface area (TPSA) is 58.1 Å². The zero-order valence-corrected chi connectivity index (χ0v) is 15.1. The van der Waals surface area contributed by atoms with Gasteiger partial charge in [0.1, 0.15) is 0 Å². The lowest BCUT2D eigenvalue weighted by Crippen LogP contribution is -2.22. The molecule has 132 valence electrons. The zero-order valence-electron chi connectivity index (χ0n) is 15.1. The molecule has 1 aliphatic heterocycles. The van der Waals surface area contributed by atoms with Crippen molar-refractivity contribution in [1.82, 2.24) is 9.97 Å². The van der Waals surface area contributed by atoms with Crippen molar-refractivity contribution in [3.63, 3.8) is 0 Å². The van der Waals surface area contributed by atoms with E-state index in [-0.39, 0.29) is 5.91 Å². The summed E-state index contributed by atoms with van der Waals surface area (Å²) in [6.45, 7) is 5.91. The molecule has 1 N–H and O–H groups in total. The number of nitrogens with one attached hydrogen (secondary N) is 1. The number of aromatic nitrogens is 2. The van der Waals surface area contributed by atoms with E-state index in [2.05, 4.69) is 32.3 Å². The monoisotopic (exact) mass is 338 g/mol. The van der Waals surface area contributed by atoms with E-state index in [1.165, 1.54) is 18.4 Å². The number of benzene rings is 1. The second-order valence-electron chi connectivity index (χ2n) is 6.65. The molecule has 0 aliphatic carbocycles. The molecule has 1 saturated heterocycles. The molecule has 0 bridgehead atoms. The van der Waals surface area contributed by atoms with Crippen molar-refractivity contribution in [2.75, 3.05) is 23.3 Å². The maximum absolute atomic E-state index is 12.3. The molecule has 1 amide bonds. The fourth-order valence-corrected chi connectivity index (χ4v) is 3.24. The van der Waals surface area contributed by atoms with E-state index < -0.39 is 0 Å². The zero-order chi connectivity index (χ0) is 17.6. The molecule has 1 aromatic heterocycles. The number of anilines is 2. The molecular formula is C20H26N4O. The molecule has 0 spiro atoms. The highest BCUT2D eigenvalue weighted by atomic mass is 16.1. The minimum atomic E-state index is 0.0275. The largest absolute Gasteiger partial charge is 0.341 e. The van der Waals surface area contributed by atoms with Crippen LogP contribution >= 0.6 is 0 Å². The van der Waals surface area contributed by atoms with Gasteiger partial charge in [-0.2, -0.15) is 0 Å². The quantitative estimate of drug-likeness (QED) is 0.873. The molecule has 2 aromatic rings. The normalized spacial score (nSPS) is 13.9. The third-order valence-electron chi connectivity index (χ3n) is 4.62. The standard InChI is InChI=1S/C20H26N4O/c1-15-19(16(2)22-20(21-15)24-13-6-7-14-24)23-18(25)12-8-11-17-9-4-3-5-10-17/h3-5,9-10H,6-8,11-14H2,1-2H3,(H,23,25). The highest BCUT2D eigenvalue weighted by molar-refractivity contribution is 5.91. The summed E-state index contributed by atoms with van der Waals surface area (Å²) in [6.07, 6.45) is 4.64. The molecule has 0 atom stereocenters. The Kier molecular flexibility index (Phi) is 5.64. The van der Waals surface area contributed by atoms with Crippen LogP contribution in [0.3, 0.4) is 0 Å². The van der Waals surface area contributed by atoms with Gasteiger partial charge in [0.2, 0.25) is 11.9 Å². The molecule has 5 heteroatoms. The van der Waals surface area contributed by atoms with E-state index in [9.17, 15) is 4.79 Å². The second kappa shape index (κ2) is 8.10. The van der Waals surface area contributed by atoms with Gasteiger partial charge in [0, 0.05) is 19.5 Å². The van der Waals surface area contributed by atoms with Crippen molar-refractivity contribution in [3.8, 4) is 0 Å². The van der Waals surface area contributed by atoms with Gasteiger partial charge in [-0.05, 0) is 45.1 Å². The Morgan fingerprint density at radius 1 is 1.08 bits per heavy atom. The Balaban J connectivity index is 1.57. The van der Waals surface area contributed by atoms with E-state index >= 15 is 0 Å². The van der Waals surface area contributed by atoms with E-state index in [1.807, 2.05) is 32.0 Å². The summed E-state index contributed by atoms with van der Waals surface area (Å²) in [5.74, 6) is 0.814. The molecule has 25 heavy (non-hydrogen) atoms. The van der Waals surface area contributed by atoms with Crippen LogP contribution in [0.2, 0.25) is 0 Å². The van der Waals surface area contributed by atoms with E-state index in [4.69, 9.17) is 0 Å². The average molecular weight is 338 g/mol. The van der Waals surface area contributed by atoms with Crippen LogP contribution < -0.4 is 10.2 Å². The Hall–Kier alpha value is -2.43. The Labute approximate surface area is 149 Å². The lowest BCUT2D eigenvalue weighted by molar-refractivity contribution is -0.116. The summed E-state index contributed by atoms with van der Waals surface area (Å²) in [4.78, 5) is 23.7. The summed E-state index contributed by atoms with van der Waals surface area (Å²) >= 11 is 0. The van der Waals surface area contributed by atoms with Crippen LogP contribution in [0.5, 0.6) is 0 Å². The maximum Gasteiger partial charge on any atom is 0.225 e. The smallest absolute Gasteiger partial charge is 0.225 e. The summed E-state index contributed by atoms with van der Waals surface area (Å²) in [6, 6.07) is 10.3. The van der Waals surface area contributed by atoms with Crippen molar-refractivity contribution in [2.45, 2.75) is 46.0 Å². The van der Waals surface area contributed by atoms with E-state index in [0.29, 0.717) is 6.42 Å². The Morgan fingerprint density at radius 3 is 2.36 bits per heavy atom. The predicted molar refractivity (Wildman–Crippen MR) is 101 cm³/mol. The van der Waals surface area contributed by atoms with Gasteiger partial charge in [0.05, 0.1) is 17.1 Å². The molecule has 1 aliphatic rings. The highest BCUT2D eigenvalue weighted by Crippen LogP contribution is 2.23. The number of rotatable bonds is 6. The van der Waals surface area contributed by atoms with Crippen LogP contribution in [-0.4, -0.2) is 29.0 Å². The molecule has 0 radical (unpaired) electrons. The molecule has 1 fully saturated rings. The van der Waals surface area contributed by atoms with Crippen LogP contribution in [0.25, 0.3) is 0 Å². The third kappa shape index (κ3) is 4.56. The van der Waals surface area contributed by atoms with Gasteiger partial charge in [-0.3, -0.25) is 4.79 Å². The van der Waals surface area contributed by atoms with Gasteiger partial charge in [0.15, 0.2) is 0 Å². The molecule has 1 aromatic carbocycles. The second-order valence-corrected chi connectivity index (χ2v) is 6.65. The lowest BCUT2D eigenvalue weighted by Gasteiger charge is -2.18. The van der Waals surface area contributed by atoms with Crippen molar-refractivity contribution < 1.29 is 4.79 Å². The Bertz CT molecular complexity index is 701. The number of carbonyl (C=O) groups excluding carboxylic acids is 1. The number of amides is 1. The predicted octanol–water partition coefficient (Wildman–Crippen LogP) is 3.66. The van der Waals surface area contributed by atoms with Gasteiger partial charge in [0.25, 0.3) is 0 Å². The first-order chi connectivity index (χ1) is 12.1. The van der Waals surface area contributed by atoms with E-state index in [1.54, 1.807) is 0 Å². The Morgan fingerprint density at radius 2 is 1.72 bits per heavy atom. The number of carbonyl (C=O) groups is 1. The first kappa shape index (κ1) is 17.4. The van der Waals surface area contributed by atoms with Crippen molar-refractivity contribution in [2.24, 2.45) is 0 Å². The highest BCUT2D eigenvalue weighted by Gasteiger charge is 2.18. The molecule has 5 nitrogen and oxygen atoms in total. The van der Waals surface area contributed by atoms with Crippen molar-refractivity contribution >= 4 is 17.5 Å². The van der Waals surface area contributed by atoms with Gasteiger partial charge < -0.3 is 10.2 Å². The van der Waals surface area contributed by atoms with Gasteiger partial charge in [-0.1, -0.05) is 30.3 Å². The first-order valence-corrected chi connectivity index (χ1v) is 9.07. The van der Waals surface area contributed by atoms with Crippen LogP contribution in [0.1, 0.15) is 42.6 Å². The molecule has 2 heterocycles. The van der Waals surface area contributed by atoms with Crippen LogP contribution in [0.4, 0.5) is 11.6 Å².